The van der Waals surface area contributed by atoms with Crippen LogP contribution in [-0.2, 0) is 6.42 Å². The van der Waals surface area contributed by atoms with Crippen LogP contribution >= 0.6 is 0 Å². The van der Waals surface area contributed by atoms with Crippen LogP contribution < -0.4 is 10.6 Å². The fourth-order valence-electron chi connectivity index (χ4n) is 2.18. The third-order valence-electron chi connectivity index (χ3n) is 3.38. The molecule has 0 aliphatic rings. The standard InChI is InChI=1S/C16H31N5/c1-6-8-14-15(17-10-7-2)18-12-19-16(14)20-13(3)9-11-21(4)5/h12-13H,6-11H2,1-5H3,(H2,17,18,19,20). The van der Waals surface area contributed by atoms with Crippen LogP contribution in [0.15, 0.2) is 6.33 Å². The number of rotatable bonds is 10. The number of hydrogen-bond acceptors (Lipinski definition) is 5. The molecule has 0 fully saturated rings. The predicted octanol–water partition coefficient (Wildman–Crippen LogP) is 3.00. The molecule has 0 spiro atoms. The first-order valence-electron chi connectivity index (χ1n) is 8.07. The first kappa shape index (κ1) is 17.7. The summed E-state index contributed by atoms with van der Waals surface area (Å²) in [5, 5.41) is 6.96. The summed E-state index contributed by atoms with van der Waals surface area (Å²) in [6.07, 6.45) is 5.93. The van der Waals surface area contributed by atoms with E-state index in [1.54, 1.807) is 6.33 Å². The molecule has 120 valence electrons. The van der Waals surface area contributed by atoms with Crippen LogP contribution in [0.1, 0.15) is 45.6 Å². The molecule has 0 aliphatic carbocycles. The molecule has 1 aromatic heterocycles. The van der Waals surface area contributed by atoms with Crippen molar-refractivity contribution in [2.75, 3.05) is 37.8 Å². The minimum atomic E-state index is 0.400. The van der Waals surface area contributed by atoms with Crippen molar-refractivity contribution in [3.63, 3.8) is 0 Å². The molecule has 2 N–H and O–H groups in total. The second kappa shape index (κ2) is 9.55. The van der Waals surface area contributed by atoms with Crippen molar-refractivity contribution in [1.29, 1.82) is 0 Å². The van der Waals surface area contributed by atoms with Crippen LogP contribution in [0.4, 0.5) is 11.6 Å². The fraction of sp³-hybridized carbons (Fsp3) is 0.750. The van der Waals surface area contributed by atoms with Crippen molar-refractivity contribution in [2.24, 2.45) is 0 Å². The van der Waals surface area contributed by atoms with Gasteiger partial charge >= 0.3 is 0 Å². The Morgan fingerprint density at radius 3 is 2.48 bits per heavy atom. The Balaban J connectivity index is 2.79. The lowest BCUT2D eigenvalue weighted by atomic mass is 10.1. The molecule has 5 nitrogen and oxygen atoms in total. The molecule has 0 aliphatic heterocycles. The van der Waals surface area contributed by atoms with Crippen LogP contribution in [0.2, 0.25) is 0 Å². The molecule has 5 heteroatoms. The van der Waals surface area contributed by atoms with E-state index in [1.807, 2.05) is 0 Å². The van der Waals surface area contributed by atoms with E-state index < -0.39 is 0 Å². The van der Waals surface area contributed by atoms with Crippen molar-refractivity contribution in [3.05, 3.63) is 11.9 Å². The van der Waals surface area contributed by atoms with E-state index in [-0.39, 0.29) is 0 Å². The van der Waals surface area contributed by atoms with E-state index in [0.29, 0.717) is 6.04 Å². The highest BCUT2D eigenvalue weighted by atomic mass is 15.1. The van der Waals surface area contributed by atoms with E-state index in [2.05, 4.69) is 60.4 Å². The molecule has 21 heavy (non-hydrogen) atoms. The maximum Gasteiger partial charge on any atom is 0.134 e. The number of nitrogens with one attached hydrogen (secondary N) is 2. The quantitative estimate of drug-likeness (QED) is 0.694. The van der Waals surface area contributed by atoms with Crippen molar-refractivity contribution in [2.45, 2.75) is 52.5 Å². The zero-order chi connectivity index (χ0) is 15.7. The van der Waals surface area contributed by atoms with Gasteiger partial charge in [0.25, 0.3) is 0 Å². The van der Waals surface area contributed by atoms with Gasteiger partial charge in [-0.25, -0.2) is 9.97 Å². The van der Waals surface area contributed by atoms with Gasteiger partial charge in [-0.15, -0.1) is 0 Å². The first-order valence-corrected chi connectivity index (χ1v) is 8.07. The van der Waals surface area contributed by atoms with Gasteiger partial charge in [0, 0.05) is 18.2 Å². The lowest BCUT2D eigenvalue weighted by Crippen LogP contribution is -2.24. The second-order valence-electron chi connectivity index (χ2n) is 5.86. The van der Waals surface area contributed by atoms with Gasteiger partial charge in [-0.2, -0.15) is 0 Å². The van der Waals surface area contributed by atoms with Crippen LogP contribution in [0, 0.1) is 0 Å². The highest BCUT2D eigenvalue weighted by Crippen LogP contribution is 2.22. The summed E-state index contributed by atoms with van der Waals surface area (Å²) in [5.74, 6) is 1.97. The molecular weight excluding hydrogens is 262 g/mol. The average molecular weight is 293 g/mol. The zero-order valence-electron chi connectivity index (χ0n) is 14.2. The van der Waals surface area contributed by atoms with Crippen LogP contribution in [0.5, 0.6) is 0 Å². The summed E-state index contributed by atoms with van der Waals surface area (Å²) in [4.78, 5) is 11.1. The zero-order valence-corrected chi connectivity index (χ0v) is 14.2. The molecule has 0 aromatic carbocycles. The summed E-state index contributed by atoms with van der Waals surface area (Å²) in [6.45, 7) is 8.58. The van der Waals surface area contributed by atoms with Gasteiger partial charge in [-0.3, -0.25) is 0 Å². The molecule has 1 aromatic rings. The second-order valence-corrected chi connectivity index (χ2v) is 5.86. The summed E-state index contributed by atoms with van der Waals surface area (Å²) >= 11 is 0. The van der Waals surface area contributed by atoms with E-state index in [4.69, 9.17) is 0 Å². The van der Waals surface area contributed by atoms with Gasteiger partial charge in [-0.05, 0) is 46.8 Å². The maximum absolute atomic E-state index is 4.46. The van der Waals surface area contributed by atoms with Crippen LogP contribution in [0.25, 0.3) is 0 Å². The molecule has 0 saturated heterocycles. The van der Waals surface area contributed by atoms with Gasteiger partial charge in [0.05, 0.1) is 0 Å². The van der Waals surface area contributed by atoms with Crippen LogP contribution in [0.3, 0.4) is 0 Å². The summed E-state index contributed by atoms with van der Waals surface area (Å²) in [7, 11) is 4.21. The summed E-state index contributed by atoms with van der Waals surface area (Å²) in [6, 6.07) is 0.400. The monoisotopic (exact) mass is 293 g/mol. The van der Waals surface area contributed by atoms with Gasteiger partial charge < -0.3 is 15.5 Å². The topological polar surface area (TPSA) is 53.1 Å². The van der Waals surface area contributed by atoms with E-state index >= 15 is 0 Å². The number of hydrogen-bond donors (Lipinski definition) is 2. The number of anilines is 2. The Morgan fingerprint density at radius 1 is 1.14 bits per heavy atom. The minimum Gasteiger partial charge on any atom is -0.370 e. The van der Waals surface area contributed by atoms with Crippen molar-refractivity contribution in [3.8, 4) is 0 Å². The maximum atomic E-state index is 4.46. The summed E-state index contributed by atoms with van der Waals surface area (Å²) < 4.78 is 0. The Labute approximate surface area is 129 Å². The molecule has 1 rings (SSSR count). The van der Waals surface area contributed by atoms with Gasteiger partial charge in [0.2, 0.25) is 0 Å². The average Bonchev–Trinajstić information content (AvgIpc) is 2.45. The van der Waals surface area contributed by atoms with E-state index in [9.17, 15) is 0 Å². The Bertz CT molecular complexity index is 406. The third kappa shape index (κ3) is 6.29. The third-order valence-corrected chi connectivity index (χ3v) is 3.38. The molecule has 0 radical (unpaired) electrons. The van der Waals surface area contributed by atoms with Crippen LogP contribution in [-0.4, -0.2) is 48.1 Å². The number of aromatic nitrogens is 2. The first-order chi connectivity index (χ1) is 10.1. The molecular formula is C16H31N5. The normalized spacial score (nSPS) is 12.5. The van der Waals surface area contributed by atoms with Gasteiger partial charge in [0.1, 0.15) is 18.0 Å². The molecule has 0 saturated carbocycles. The lowest BCUT2D eigenvalue weighted by Gasteiger charge is -2.20. The minimum absolute atomic E-state index is 0.400. The van der Waals surface area contributed by atoms with E-state index in [0.717, 1.165) is 50.4 Å². The number of nitrogens with zero attached hydrogens (tertiary/aromatic N) is 3. The Kier molecular flexibility index (Phi) is 8.05. The highest BCUT2D eigenvalue weighted by Gasteiger charge is 2.12. The lowest BCUT2D eigenvalue weighted by molar-refractivity contribution is 0.390. The fourth-order valence-corrected chi connectivity index (χ4v) is 2.18. The molecule has 1 atom stereocenters. The largest absolute Gasteiger partial charge is 0.370 e. The molecule has 0 bridgehead atoms. The molecule has 1 heterocycles. The SMILES string of the molecule is CCCNc1ncnc(NC(C)CCN(C)C)c1CCC. The highest BCUT2D eigenvalue weighted by molar-refractivity contribution is 5.57. The Morgan fingerprint density at radius 2 is 1.86 bits per heavy atom. The Hall–Kier alpha value is -1.36. The van der Waals surface area contributed by atoms with E-state index in [1.165, 1.54) is 5.56 Å². The van der Waals surface area contributed by atoms with Gasteiger partial charge in [0.15, 0.2) is 0 Å². The smallest absolute Gasteiger partial charge is 0.134 e. The summed E-state index contributed by atoms with van der Waals surface area (Å²) in [5.41, 5.74) is 1.21. The van der Waals surface area contributed by atoms with Crippen molar-refractivity contribution in [1.82, 2.24) is 14.9 Å². The van der Waals surface area contributed by atoms with Gasteiger partial charge in [-0.1, -0.05) is 20.3 Å². The van der Waals surface area contributed by atoms with Crippen molar-refractivity contribution >= 4 is 11.6 Å². The molecule has 0 amide bonds. The van der Waals surface area contributed by atoms with Crippen molar-refractivity contribution < 1.29 is 0 Å². The predicted molar refractivity (Wildman–Crippen MR) is 91.1 cm³/mol. The molecule has 1 unspecified atom stereocenters.